The van der Waals surface area contributed by atoms with Crippen LogP contribution in [-0.4, -0.2) is 83.5 Å². The summed E-state index contributed by atoms with van der Waals surface area (Å²) in [4.78, 5) is 45.6. The number of aromatic nitrogens is 12. The number of benzene rings is 2. The molecule has 0 unspecified atom stereocenters. The van der Waals surface area contributed by atoms with E-state index in [0.29, 0.717) is 41.8 Å². The first-order valence-electron chi connectivity index (χ1n) is 23.7. The molecular weight excluding hydrogens is 1130 g/mol. The summed E-state index contributed by atoms with van der Waals surface area (Å²) in [5, 5.41) is 19.2. The molecule has 2 saturated carbocycles. The number of anilines is 1. The SMILES string of the molecule is CC(C)n1cnnc1-c1cccc(Br)n1.Cc1cc2c(cc1-n1cnc(C3CC3)c1)C(=O)N(c1cccc(-c3nncn3C(C)C)n1)CC2.Cc1cc2c(cc1-n1cnc(C3CC3)c1)C(=O)NCC2.[CH3-].[W]. The van der Waals surface area contributed by atoms with E-state index in [2.05, 4.69) is 123 Å². The standard InChI is InChI=1S/C26H27N7O.C16H17N3O.C10H11BrN4.CH3.W/c1-16(2)33-15-28-30-25(33)21-5-4-6-24(29-21)32-10-9-19-11-17(3)23(12-20(19)26(32)34)31-13-22(27-14-31)18-7-8-18;1-10-6-12-4-5-17-16(20)13(12)7-15(10)19-8-14(18-9-19)11-2-3-11;1-7(2)15-6-12-14-10(15)8-4-3-5-9(11)13-8;;/h4-6,11-16,18H,7-10H2,1-3H3;6-9,11H,2-5H2,1H3,(H,17,20);3-7H,1-2H3;1H3;/q;;;-1;. The number of carbonyl (C=O) groups is 2. The maximum absolute atomic E-state index is 13.6. The summed E-state index contributed by atoms with van der Waals surface area (Å²) in [6.07, 6.45) is 18.0. The molecule has 0 spiro atoms. The first-order chi connectivity index (χ1) is 33.4. The van der Waals surface area contributed by atoms with Crippen LogP contribution in [0.25, 0.3) is 34.4 Å². The number of pyridine rings is 2. The fraction of sp³-hybridized carbons (Fsp3) is 0.340. The van der Waals surface area contributed by atoms with Crippen LogP contribution < -0.4 is 10.2 Å². The summed E-state index contributed by atoms with van der Waals surface area (Å²) in [5.41, 5.74) is 12.0. The first kappa shape index (κ1) is 50.9. The second kappa shape index (κ2) is 21.5. The first-order valence-corrected chi connectivity index (χ1v) is 24.5. The molecule has 8 aromatic rings. The predicted octanol–water partition coefficient (Wildman–Crippen LogP) is 9.97. The average molecular weight is 1190 g/mol. The van der Waals surface area contributed by atoms with E-state index in [1.165, 1.54) is 36.9 Å². The van der Waals surface area contributed by atoms with Crippen LogP contribution in [0.1, 0.15) is 132 Å². The number of fused-ring (bicyclic) bond motifs is 2. The van der Waals surface area contributed by atoms with Crippen LogP contribution in [0.5, 0.6) is 0 Å². The Hall–Kier alpha value is -6.45. The molecule has 8 heterocycles. The van der Waals surface area contributed by atoms with Gasteiger partial charge in [0, 0.05) is 81.6 Å². The molecule has 16 nitrogen and oxygen atoms in total. The van der Waals surface area contributed by atoms with Gasteiger partial charge < -0.3 is 31.0 Å². The molecule has 2 aromatic carbocycles. The van der Waals surface area contributed by atoms with E-state index in [1.54, 1.807) is 17.6 Å². The topological polar surface area (TPSA) is 172 Å². The Morgan fingerprint density at radius 2 is 1.18 bits per heavy atom. The van der Waals surface area contributed by atoms with Crippen LogP contribution in [0.4, 0.5) is 5.82 Å². The smallest absolute Gasteiger partial charge is 0.259 e. The van der Waals surface area contributed by atoms with Gasteiger partial charge in [-0.05, 0) is 155 Å². The molecule has 4 aliphatic rings. The average Bonchev–Trinajstić information content (AvgIpc) is 4.06. The quantitative estimate of drug-likeness (QED) is 0.108. The van der Waals surface area contributed by atoms with Gasteiger partial charge in [0.15, 0.2) is 11.6 Å². The van der Waals surface area contributed by atoms with Crippen LogP contribution in [0.15, 0.2) is 103 Å². The van der Waals surface area contributed by atoms with E-state index in [9.17, 15) is 9.59 Å². The number of hydrogen-bond donors (Lipinski definition) is 1. The Labute approximate surface area is 437 Å². The van der Waals surface area contributed by atoms with E-state index in [-0.39, 0.29) is 46.3 Å². The molecular formula is C53H58BrN14O2W-. The molecule has 0 atom stereocenters. The minimum atomic E-state index is -0.0278. The van der Waals surface area contributed by atoms with Crippen molar-refractivity contribution in [3.63, 3.8) is 0 Å². The van der Waals surface area contributed by atoms with Crippen LogP contribution in [-0.2, 0) is 33.9 Å². The fourth-order valence-corrected chi connectivity index (χ4v) is 9.30. The van der Waals surface area contributed by atoms with Crippen molar-refractivity contribution in [1.29, 1.82) is 0 Å². The van der Waals surface area contributed by atoms with Gasteiger partial charge in [0.05, 0.1) is 35.4 Å². The monoisotopic (exact) mass is 1190 g/mol. The van der Waals surface area contributed by atoms with Crippen molar-refractivity contribution in [3.8, 4) is 34.4 Å². The molecule has 2 aliphatic carbocycles. The number of nitrogens with one attached hydrogen (secondary N) is 1. The Morgan fingerprint density at radius 1 is 0.662 bits per heavy atom. The summed E-state index contributed by atoms with van der Waals surface area (Å²) in [6.45, 7) is 13.9. The maximum Gasteiger partial charge on any atom is 0.259 e. The maximum atomic E-state index is 13.6. The molecule has 0 bridgehead atoms. The largest absolute Gasteiger partial charge is 0.358 e. The third-order valence-corrected chi connectivity index (χ3v) is 13.5. The van der Waals surface area contributed by atoms with Crippen LogP contribution in [0, 0.1) is 21.3 Å². The Kier molecular flexibility index (Phi) is 15.4. The van der Waals surface area contributed by atoms with Gasteiger partial charge in [-0.15, -0.1) is 20.4 Å². The number of halogens is 1. The summed E-state index contributed by atoms with van der Waals surface area (Å²) in [5.74, 6) is 3.38. The third-order valence-electron chi connectivity index (χ3n) is 13.0. The molecule has 0 radical (unpaired) electrons. The second-order valence-electron chi connectivity index (χ2n) is 18.8. The van der Waals surface area contributed by atoms with Gasteiger partial charge in [-0.3, -0.25) is 14.5 Å². The molecule has 2 fully saturated rings. The number of aryl methyl sites for hydroxylation is 2. The fourth-order valence-electron chi connectivity index (χ4n) is 8.95. The zero-order valence-electron chi connectivity index (χ0n) is 41.1. The van der Waals surface area contributed by atoms with Gasteiger partial charge in [-0.1, -0.05) is 24.3 Å². The molecule has 2 aliphatic heterocycles. The number of nitrogens with zero attached hydrogens (tertiary/aromatic N) is 13. The number of rotatable bonds is 9. The van der Waals surface area contributed by atoms with Crippen LogP contribution in [0.3, 0.4) is 0 Å². The predicted molar refractivity (Wildman–Crippen MR) is 273 cm³/mol. The molecule has 0 saturated heterocycles. The van der Waals surface area contributed by atoms with E-state index >= 15 is 0 Å². The van der Waals surface area contributed by atoms with Crippen molar-refractivity contribution in [2.24, 2.45) is 0 Å². The normalized spacial score (nSPS) is 14.9. The van der Waals surface area contributed by atoms with Gasteiger partial charge in [0.1, 0.15) is 34.5 Å². The molecule has 6 aromatic heterocycles. The minimum Gasteiger partial charge on any atom is -0.358 e. The van der Waals surface area contributed by atoms with Crippen LogP contribution in [0.2, 0.25) is 0 Å². The van der Waals surface area contributed by atoms with Crippen molar-refractivity contribution < 1.29 is 30.7 Å². The van der Waals surface area contributed by atoms with Crippen molar-refractivity contribution in [1.82, 2.24) is 63.9 Å². The molecule has 366 valence electrons. The van der Waals surface area contributed by atoms with E-state index in [4.69, 9.17) is 4.98 Å². The van der Waals surface area contributed by atoms with E-state index < -0.39 is 0 Å². The number of amides is 2. The zero-order chi connectivity index (χ0) is 47.9. The Bertz CT molecular complexity index is 3200. The van der Waals surface area contributed by atoms with Crippen molar-refractivity contribution in [3.05, 3.63) is 155 Å². The molecule has 2 amide bonds. The summed E-state index contributed by atoms with van der Waals surface area (Å²) < 4.78 is 8.88. The number of hydrogen-bond acceptors (Lipinski definition) is 10. The molecule has 71 heavy (non-hydrogen) atoms. The summed E-state index contributed by atoms with van der Waals surface area (Å²) in [6, 6.07) is 20.3. The van der Waals surface area contributed by atoms with Gasteiger partial charge >= 0.3 is 0 Å². The van der Waals surface area contributed by atoms with Gasteiger partial charge in [0.2, 0.25) is 0 Å². The van der Waals surface area contributed by atoms with Gasteiger partial charge in [0.25, 0.3) is 11.8 Å². The molecule has 18 heteroatoms. The number of imidazole rings is 2. The van der Waals surface area contributed by atoms with Crippen molar-refractivity contribution >= 4 is 33.6 Å². The van der Waals surface area contributed by atoms with Crippen molar-refractivity contribution in [2.75, 3.05) is 18.0 Å². The third kappa shape index (κ3) is 10.9. The van der Waals surface area contributed by atoms with Gasteiger partial charge in [-0.25, -0.2) is 19.9 Å². The molecule has 1 N–H and O–H groups in total. The van der Waals surface area contributed by atoms with E-state index in [1.807, 2.05) is 79.5 Å². The summed E-state index contributed by atoms with van der Waals surface area (Å²) >= 11 is 3.34. The second-order valence-corrected chi connectivity index (χ2v) is 19.6. The van der Waals surface area contributed by atoms with Gasteiger partial charge in [-0.2, -0.15) is 0 Å². The van der Waals surface area contributed by atoms with E-state index in [0.717, 1.165) is 80.4 Å². The minimum absolute atomic E-state index is 0. The number of carbonyl (C=O) groups excluding carboxylic acids is 2. The zero-order valence-corrected chi connectivity index (χ0v) is 45.6. The Balaban J connectivity index is 0.000000155. The van der Waals surface area contributed by atoms with Crippen molar-refractivity contribution in [2.45, 2.75) is 104 Å². The van der Waals surface area contributed by atoms with Crippen LogP contribution >= 0.6 is 15.9 Å². The Morgan fingerprint density at radius 3 is 1.72 bits per heavy atom. The molecule has 12 rings (SSSR count). The summed E-state index contributed by atoms with van der Waals surface area (Å²) in [7, 11) is 0.